The van der Waals surface area contributed by atoms with Gasteiger partial charge < -0.3 is 5.73 Å². The first kappa shape index (κ1) is 11.4. The quantitative estimate of drug-likeness (QED) is 0.776. The minimum atomic E-state index is 0.745. The molecule has 0 saturated heterocycles. The Bertz CT molecular complexity index is 297. The molecule has 1 rings (SSSR count). The van der Waals surface area contributed by atoms with E-state index in [4.69, 9.17) is 5.73 Å². The smallest absolute Gasteiger partial charge is 0.119 e. The molecule has 0 fully saturated rings. The summed E-state index contributed by atoms with van der Waals surface area (Å²) in [6.07, 6.45) is 3.08. The van der Waals surface area contributed by atoms with Crippen LogP contribution in [0.5, 0.6) is 0 Å². The predicted molar refractivity (Wildman–Crippen MR) is 63.6 cm³/mol. The van der Waals surface area contributed by atoms with Crippen LogP contribution < -0.4 is 5.73 Å². The summed E-state index contributed by atoms with van der Waals surface area (Å²) in [5.74, 6) is 1.84. The van der Waals surface area contributed by atoms with E-state index in [0.29, 0.717) is 0 Å². The summed E-state index contributed by atoms with van der Waals surface area (Å²) >= 11 is 1.75. The molecule has 0 amide bonds. The van der Waals surface area contributed by atoms with Gasteiger partial charge in [-0.25, -0.2) is 4.98 Å². The van der Waals surface area contributed by atoms with Gasteiger partial charge >= 0.3 is 0 Å². The molecular weight excluding hydrogens is 192 g/mol. The summed E-state index contributed by atoms with van der Waals surface area (Å²) in [7, 11) is 0. The van der Waals surface area contributed by atoms with E-state index in [-0.39, 0.29) is 0 Å². The van der Waals surface area contributed by atoms with E-state index < -0.39 is 0 Å². The van der Waals surface area contributed by atoms with Crippen molar-refractivity contribution in [2.75, 3.05) is 11.5 Å². The Hall–Kier alpha value is -0.700. The molecule has 1 aromatic rings. The lowest BCUT2D eigenvalue weighted by molar-refractivity contribution is 0.632. The SMILES string of the molecule is Cc1cnc(SCCC(C)C)c(N)c1. The van der Waals surface area contributed by atoms with Gasteiger partial charge in [0, 0.05) is 6.20 Å². The molecule has 0 aliphatic heterocycles. The van der Waals surface area contributed by atoms with E-state index in [1.807, 2.05) is 19.2 Å². The molecular formula is C11H18N2S. The Labute approximate surface area is 90.3 Å². The third-order valence-electron chi connectivity index (χ3n) is 1.95. The van der Waals surface area contributed by atoms with Crippen LogP contribution in [0.2, 0.25) is 0 Å². The Morgan fingerprint density at radius 3 is 2.79 bits per heavy atom. The van der Waals surface area contributed by atoms with E-state index in [1.165, 1.54) is 6.42 Å². The van der Waals surface area contributed by atoms with Gasteiger partial charge in [-0.1, -0.05) is 13.8 Å². The van der Waals surface area contributed by atoms with Crippen LogP contribution in [0.15, 0.2) is 17.3 Å². The number of thioether (sulfide) groups is 1. The maximum atomic E-state index is 5.85. The van der Waals surface area contributed by atoms with Crippen LogP contribution in [0.4, 0.5) is 5.69 Å². The molecule has 0 aliphatic rings. The Morgan fingerprint density at radius 1 is 1.50 bits per heavy atom. The van der Waals surface area contributed by atoms with E-state index >= 15 is 0 Å². The summed E-state index contributed by atoms with van der Waals surface area (Å²) in [6.45, 7) is 6.46. The lowest BCUT2D eigenvalue weighted by Crippen LogP contribution is -1.95. The standard InChI is InChI=1S/C11H18N2S/c1-8(2)4-5-14-11-10(12)6-9(3)7-13-11/h6-8H,4-5,12H2,1-3H3. The number of nitrogen functional groups attached to an aromatic ring is 1. The third-order valence-corrected chi connectivity index (χ3v) is 3.00. The number of hydrogen-bond acceptors (Lipinski definition) is 3. The van der Waals surface area contributed by atoms with Crippen LogP contribution >= 0.6 is 11.8 Å². The highest BCUT2D eigenvalue weighted by Crippen LogP contribution is 2.24. The van der Waals surface area contributed by atoms with Crippen molar-refractivity contribution in [3.05, 3.63) is 17.8 Å². The van der Waals surface area contributed by atoms with Gasteiger partial charge in [-0.05, 0) is 36.6 Å². The van der Waals surface area contributed by atoms with E-state index in [9.17, 15) is 0 Å². The van der Waals surface area contributed by atoms with Crippen LogP contribution in [0.1, 0.15) is 25.8 Å². The zero-order valence-corrected chi connectivity index (χ0v) is 9.90. The number of nitrogens with two attached hydrogens (primary N) is 1. The molecule has 0 spiro atoms. The number of aryl methyl sites for hydroxylation is 1. The number of nitrogens with zero attached hydrogens (tertiary/aromatic N) is 1. The summed E-state index contributed by atoms with van der Waals surface area (Å²) in [6, 6.07) is 1.98. The first-order chi connectivity index (χ1) is 6.59. The van der Waals surface area contributed by atoms with Crippen LogP contribution in [-0.2, 0) is 0 Å². The minimum Gasteiger partial charge on any atom is -0.397 e. The molecule has 14 heavy (non-hydrogen) atoms. The van der Waals surface area contributed by atoms with Crippen LogP contribution in [0.25, 0.3) is 0 Å². The summed E-state index contributed by atoms with van der Waals surface area (Å²) < 4.78 is 0. The first-order valence-corrected chi connectivity index (χ1v) is 5.93. The van der Waals surface area contributed by atoms with Gasteiger partial charge in [0.05, 0.1) is 5.69 Å². The largest absolute Gasteiger partial charge is 0.397 e. The third kappa shape index (κ3) is 3.58. The molecule has 78 valence electrons. The average molecular weight is 210 g/mol. The molecule has 1 heterocycles. The zero-order chi connectivity index (χ0) is 10.6. The highest BCUT2D eigenvalue weighted by molar-refractivity contribution is 7.99. The molecule has 0 unspecified atom stereocenters. The van der Waals surface area contributed by atoms with Crippen molar-refractivity contribution in [1.29, 1.82) is 0 Å². The molecule has 0 radical (unpaired) electrons. The van der Waals surface area contributed by atoms with E-state index in [0.717, 1.165) is 27.9 Å². The molecule has 0 atom stereocenters. The van der Waals surface area contributed by atoms with Gasteiger partial charge in [0.25, 0.3) is 0 Å². The maximum absolute atomic E-state index is 5.85. The number of aromatic nitrogens is 1. The van der Waals surface area contributed by atoms with Crippen molar-refractivity contribution < 1.29 is 0 Å². The fourth-order valence-electron chi connectivity index (χ4n) is 1.09. The zero-order valence-electron chi connectivity index (χ0n) is 9.08. The van der Waals surface area contributed by atoms with E-state index in [1.54, 1.807) is 11.8 Å². The van der Waals surface area contributed by atoms with E-state index in [2.05, 4.69) is 18.8 Å². The maximum Gasteiger partial charge on any atom is 0.119 e. The fraction of sp³-hybridized carbons (Fsp3) is 0.545. The molecule has 2 N–H and O–H groups in total. The van der Waals surface area contributed by atoms with Crippen molar-refractivity contribution in [2.24, 2.45) is 5.92 Å². The number of anilines is 1. The highest BCUT2D eigenvalue weighted by Gasteiger charge is 2.02. The van der Waals surface area contributed by atoms with Crippen molar-refractivity contribution in [2.45, 2.75) is 32.2 Å². The molecule has 0 saturated carbocycles. The summed E-state index contributed by atoms with van der Waals surface area (Å²) in [5, 5.41) is 0.969. The normalized spacial score (nSPS) is 10.9. The molecule has 1 aromatic heterocycles. The van der Waals surface area contributed by atoms with Crippen LogP contribution in [-0.4, -0.2) is 10.7 Å². The Balaban J connectivity index is 2.51. The Kier molecular flexibility index (Phi) is 4.26. The molecule has 0 bridgehead atoms. The number of rotatable bonds is 4. The topological polar surface area (TPSA) is 38.9 Å². The molecule has 3 heteroatoms. The van der Waals surface area contributed by atoms with Crippen molar-refractivity contribution >= 4 is 17.4 Å². The van der Waals surface area contributed by atoms with Gasteiger partial charge in [-0.3, -0.25) is 0 Å². The van der Waals surface area contributed by atoms with Crippen LogP contribution in [0.3, 0.4) is 0 Å². The minimum absolute atomic E-state index is 0.745. The van der Waals surface area contributed by atoms with Gasteiger partial charge in [-0.2, -0.15) is 0 Å². The molecule has 0 aromatic carbocycles. The van der Waals surface area contributed by atoms with Gasteiger partial charge in [0.1, 0.15) is 5.03 Å². The monoisotopic (exact) mass is 210 g/mol. The number of hydrogen-bond donors (Lipinski definition) is 1. The lowest BCUT2D eigenvalue weighted by atomic mass is 10.2. The average Bonchev–Trinajstić information content (AvgIpc) is 2.08. The first-order valence-electron chi connectivity index (χ1n) is 4.94. The summed E-state index contributed by atoms with van der Waals surface area (Å²) in [4.78, 5) is 4.31. The second-order valence-corrected chi connectivity index (χ2v) is 5.02. The van der Waals surface area contributed by atoms with Crippen LogP contribution in [0, 0.1) is 12.8 Å². The van der Waals surface area contributed by atoms with Gasteiger partial charge in [-0.15, -0.1) is 11.8 Å². The van der Waals surface area contributed by atoms with Gasteiger partial charge in [0.15, 0.2) is 0 Å². The molecule has 2 nitrogen and oxygen atoms in total. The predicted octanol–water partition coefficient (Wildman–Crippen LogP) is 3.11. The highest BCUT2D eigenvalue weighted by atomic mass is 32.2. The Morgan fingerprint density at radius 2 is 2.21 bits per heavy atom. The fourth-order valence-corrected chi connectivity index (χ4v) is 2.23. The second kappa shape index (κ2) is 5.25. The van der Waals surface area contributed by atoms with Crippen molar-refractivity contribution in [1.82, 2.24) is 4.98 Å². The number of pyridine rings is 1. The van der Waals surface area contributed by atoms with Crippen molar-refractivity contribution in [3.8, 4) is 0 Å². The second-order valence-electron chi connectivity index (χ2n) is 3.94. The lowest BCUT2D eigenvalue weighted by Gasteiger charge is -2.06. The summed E-state index contributed by atoms with van der Waals surface area (Å²) in [5.41, 5.74) is 7.78. The van der Waals surface area contributed by atoms with Gasteiger partial charge in [0.2, 0.25) is 0 Å². The molecule has 0 aliphatic carbocycles. The van der Waals surface area contributed by atoms with Crippen molar-refractivity contribution in [3.63, 3.8) is 0 Å².